The lowest BCUT2D eigenvalue weighted by molar-refractivity contribution is -0.169. The molecule has 2 aromatic carbocycles. The van der Waals surface area contributed by atoms with Gasteiger partial charge in [-0.05, 0) is 30.8 Å². The van der Waals surface area contributed by atoms with E-state index < -0.39 is 50.9 Å². The van der Waals surface area contributed by atoms with E-state index in [1.165, 1.54) is 30.2 Å². The van der Waals surface area contributed by atoms with E-state index in [4.69, 9.17) is 24.5 Å². The fourth-order valence-corrected chi connectivity index (χ4v) is 5.29. The van der Waals surface area contributed by atoms with Gasteiger partial charge in [0.1, 0.15) is 30.7 Å². The number of aromatic nitrogens is 4. The molecule has 1 unspecified atom stereocenters. The van der Waals surface area contributed by atoms with E-state index >= 15 is 0 Å². The van der Waals surface area contributed by atoms with Crippen LogP contribution in [0, 0.1) is 0 Å². The predicted molar refractivity (Wildman–Crippen MR) is 149 cm³/mol. The normalized spacial score (nSPS) is 22.7. The van der Waals surface area contributed by atoms with Crippen molar-refractivity contribution in [2.24, 2.45) is 9.86 Å². The van der Waals surface area contributed by atoms with E-state index in [1.54, 1.807) is 37.3 Å². The molecule has 17 nitrogen and oxygen atoms in total. The van der Waals surface area contributed by atoms with Crippen molar-refractivity contribution in [3.05, 3.63) is 59.5 Å². The molecule has 1 aliphatic heterocycles. The van der Waals surface area contributed by atoms with Crippen molar-refractivity contribution >= 4 is 41.9 Å². The lowest BCUT2D eigenvalue weighted by Crippen LogP contribution is -2.46. The van der Waals surface area contributed by atoms with Gasteiger partial charge in [0.15, 0.2) is 29.5 Å². The molecule has 1 aliphatic rings. The molecule has 0 spiro atoms. The topological polar surface area (TPSA) is 248 Å². The Balaban J connectivity index is 1.46. The van der Waals surface area contributed by atoms with Crippen LogP contribution in [-0.4, -0.2) is 72.9 Å². The first kappa shape index (κ1) is 29.8. The third kappa shape index (κ3) is 5.72. The van der Waals surface area contributed by atoms with Crippen LogP contribution in [0.3, 0.4) is 0 Å². The number of ether oxygens (including phenoxy) is 3. The van der Waals surface area contributed by atoms with Gasteiger partial charge in [-0.25, -0.2) is 19.7 Å². The third-order valence-electron chi connectivity index (χ3n) is 6.62. The minimum absolute atomic E-state index is 0.00692. The van der Waals surface area contributed by atoms with Gasteiger partial charge in [-0.15, -0.1) is 0 Å². The van der Waals surface area contributed by atoms with E-state index in [0.29, 0.717) is 10.8 Å². The molecular weight excluding hydrogens is 585 g/mol. The maximum Gasteiger partial charge on any atom is 0.395 e. The van der Waals surface area contributed by atoms with Gasteiger partial charge in [-0.2, -0.15) is 0 Å². The van der Waals surface area contributed by atoms with Crippen LogP contribution in [0.4, 0.5) is 5.82 Å². The van der Waals surface area contributed by atoms with Crippen LogP contribution in [0.15, 0.2) is 58.9 Å². The molecule has 43 heavy (non-hydrogen) atoms. The number of nitrogens with two attached hydrogens (primary N) is 1. The number of carbonyl (C=O) groups excluding carboxylic acids is 1. The van der Waals surface area contributed by atoms with Gasteiger partial charge in [-0.3, -0.25) is 9.09 Å². The zero-order valence-electron chi connectivity index (χ0n) is 22.8. The number of benzene rings is 2. The molecule has 1 fully saturated rings. The van der Waals surface area contributed by atoms with Crippen molar-refractivity contribution in [2.45, 2.75) is 44.1 Å². The third-order valence-corrected chi connectivity index (χ3v) is 7.49. The van der Waals surface area contributed by atoms with Gasteiger partial charge in [0.25, 0.3) is 0 Å². The van der Waals surface area contributed by atoms with Crippen molar-refractivity contribution in [1.29, 1.82) is 0 Å². The van der Waals surface area contributed by atoms with Crippen LogP contribution in [-0.2, 0) is 14.3 Å². The van der Waals surface area contributed by atoms with Crippen LogP contribution in [0.2, 0.25) is 0 Å². The number of aliphatic hydroxyl groups is 2. The standard InChI is InChI=1S/C25H26N9O8P/c1-3-39-24(37)13(2)31-43(38)42-19-15-7-5-4-6-14(15)8-9-16(19)40-10-25(32-33-27)20(36)18(35)23(41-25)34-12-30-17-21(26)28-11-29-22(17)34/h4-9,11-13,18,20,23,35-36H,3,10H2,1-2H3,(H2,26,28,29)/t13-,18+,20-,23+,25+/m0/s1. The summed E-state index contributed by atoms with van der Waals surface area (Å²) in [4.78, 5) is 39.8. The minimum atomic E-state index is -2.78. The Labute approximate surface area is 244 Å². The summed E-state index contributed by atoms with van der Waals surface area (Å²) in [6, 6.07) is 9.15. The van der Waals surface area contributed by atoms with E-state index in [0.717, 1.165) is 0 Å². The summed E-state index contributed by atoms with van der Waals surface area (Å²) >= 11 is 0. The van der Waals surface area contributed by atoms with Gasteiger partial charge >= 0.3 is 14.1 Å². The van der Waals surface area contributed by atoms with Crippen molar-refractivity contribution in [3.63, 3.8) is 0 Å². The molecule has 2 aromatic heterocycles. The van der Waals surface area contributed by atoms with Crippen molar-refractivity contribution < 1.29 is 38.6 Å². The summed E-state index contributed by atoms with van der Waals surface area (Å²) in [5.41, 5.74) is 13.5. The van der Waals surface area contributed by atoms with Gasteiger partial charge < -0.3 is 35.1 Å². The predicted octanol–water partition coefficient (Wildman–Crippen LogP) is 2.08. The Morgan fingerprint density at radius 2 is 2.09 bits per heavy atom. The number of hydrogen-bond acceptors (Lipinski definition) is 14. The molecule has 0 aliphatic carbocycles. The fourth-order valence-electron chi connectivity index (χ4n) is 4.52. The smallest absolute Gasteiger partial charge is 0.395 e. The fraction of sp³-hybridized carbons (Fsp3) is 0.360. The lowest BCUT2D eigenvalue weighted by atomic mass is 10.1. The Hall–Kier alpha value is -4.63. The average molecular weight is 612 g/mol. The summed E-state index contributed by atoms with van der Waals surface area (Å²) in [6.45, 7) is 2.57. The van der Waals surface area contributed by atoms with Crippen molar-refractivity contribution in [2.75, 3.05) is 18.9 Å². The van der Waals surface area contributed by atoms with Gasteiger partial charge in [-0.1, -0.05) is 40.2 Å². The molecule has 0 radical (unpaired) electrons. The van der Waals surface area contributed by atoms with Crippen LogP contribution in [0.1, 0.15) is 20.1 Å². The zero-order chi connectivity index (χ0) is 30.7. The number of nitrogens with zero attached hydrogens (tertiary/aromatic N) is 8. The molecule has 6 atom stereocenters. The highest BCUT2D eigenvalue weighted by Crippen LogP contribution is 2.43. The number of anilines is 1. The van der Waals surface area contributed by atoms with E-state index in [9.17, 15) is 25.4 Å². The van der Waals surface area contributed by atoms with Crippen molar-refractivity contribution in [1.82, 2.24) is 19.5 Å². The Morgan fingerprint density at radius 1 is 1.30 bits per heavy atom. The van der Waals surface area contributed by atoms with Crippen LogP contribution in [0.5, 0.6) is 11.5 Å². The number of rotatable bonds is 10. The largest absolute Gasteiger partial charge is 0.575 e. The Bertz CT molecular complexity index is 1750. The number of aliphatic hydroxyl groups excluding tert-OH is 2. The Kier molecular flexibility index (Phi) is 8.54. The monoisotopic (exact) mass is 611 g/mol. The molecule has 5 rings (SSSR count). The average Bonchev–Trinajstić information content (AvgIpc) is 3.53. The highest BCUT2D eigenvalue weighted by Gasteiger charge is 2.56. The molecule has 4 N–H and O–H groups in total. The van der Waals surface area contributed by atoms with E-state index in [2.05, 4.69) is 29.7 Å². The molecule has 3 heterocycles. The highest BCUT2D eigenvalue weighted by atomic mass is 31.1. The number of hydrogen-bond donors (Lipinski definition) is 3. The van der Waals surface area contributed by atoms with Crippen LogP contribution in [0.25, 0.3) is 32.4 Å². The van der Waals surface area contributed by atoms with Gasteiger partial charge in [0.05, 0.1) is 12.9 Å². The Morgan fingerprint density at radius 3 is 2.86 bits per heavy atom. The summed E-state index contributed by atoms with van der Waals surface area (Å²) in [7, 11) is -2.78. The number of esters is 1. The molecule has 1 saturated heterocycles. The first-order valence-electron chi connectivity index (χ1n) is 12.9. The second-order valence-corrected chi connectivity index (χ2v) is 10.2. The maximum atomic E-state index is 12.9. The number of carbonyl (C=O) groups is 1. The first-order valence-corrected chi connectivity index (χ1v) is 14.0. The second kappa shape index (κ2) is 12.3. The molecule has 18 heteroatoms. The number of fused-ring (bicyclic) bond motifs is 2. The molecule has 4 aromatic rings. The minimum Gasteiger partial charge on any atom is -0.575 e. The summed E-state index contributed by atoms with van der Waals surface area (Å²) in [5, 5.41) is 26.8. The number of imidazole rings is 1. The molecule has 0 saturated carbocycles. The van der Waals surface area contributed by atoms with Crippen LogP contribution < -0.4 is 19.9 Å². The highest BCUT2D eigenvalue weighted by molar-refractivity contribution is 7.34. The quantitative estimate of drug-likeness (QED) is 0.0766. The number of azide groups is 1. The zero-order valence-corrected chi connectivity index (χ0v) is 23.7. The first-order chi connectivity index (χ1) is 20.7. The molecule has 0 bridgehead atoms. The summed E-state index contributed by atoms with van der Waals surface area (Å²) in [6.07, 6.45) is -2.22. The van der Waals surface area contributed by atoms with Crippen molar-refractivity contribution in [3.8, 4) is 11.5 Å². The van der Waals surface area contributed by atoms with E-state index in [-0.39, 0.29) is 35.1 Å². The molecular formula is C25H26N9O8P. The van der Waals surface area contributed by atoms with Crippen LogP contribution >= 0.6 is 8.17 Å². The SMILES string of the molecule is CCOC(=O)[C@H](C)/N=[P+](\[O-])Oc1c(OC[C@@]2(N=[N+]=[N-])O[C@@H](n3cnc4c(N)ncnc43)[C@H](O)[C@@H]2O)ccc2ccccc12. The molecule has 224 valence electrons. The summed E-state index contributed by atoms with van der Waals surface area (Å²) < 4.78 is 27.7. The molecule has 0 amide bonds. The summed E-state index contributed by atoms with van der Waals surface area (Å²) in [5.74, 6) is -0.546. The van der Waals surface area contributed by atoms with Gasteiger partial charge in [0, 0.05) is 10.3 Å². The second-order valence-electron chi connectivity index (χ2n) is 9.34. The van der Waals surface area contributed by atoms with Gasteiger partial charge in [0.2, 0.25) is 11.5 Å². The lowest BCUT2D eigenvalue weighted by Gasteiger charge is -2.27. The van der Waals surface area contributed by atoms with E-state index in [1.807, 2.05) is 0 Å². The number of nitrogen functional groups attached to an aromatic ring is 1. The maximum absolute atomic E-state index is 12.9.